The van der Waals surface area contributed by atoms with Gasteiger partial charge in [0, 0.05) is 23.8 Å². The van der Waals surface area contributed by atoms with E-state index in [0.29, 0.717) is 11.6 Å². The number of carbonyl (C=O) groups is 1. The summed E-state index contributed by atoms with van der Waals surface area (Å²) in [6, 6.07) is 4.07. The fraction of sp³-hybridized carbons (Fsp3) is 0.471. The van der Waals surface area contributed by atoms with Gasteiger partial charge >= 0.3 is 0 Å². The number of hydrogen-bond acceptors (Lipinski definition) is 3. The molecule has 1 fully saturated rings. The smallest absolute Gasteiger partial charge is 0.253 e. The zero-order valence-electron chi connectivity index (χ0n) is 12.6. The normalized spacial score (nSPS) is 22.2. The Morgan fingerprint density at radius 2 is 2.05 bits per heavy atom. The fourth-order valence-electron chi connectivity index (χ4n) is 3.01. The van der Waals surface area contributed by atoms with Crippen LogP contribution in [0.15, 0.2) is 24.5 Å². The minimum absolute atomic E-state index is 0.00898. The lowest BCUT2D eigenvalue weighted by atomic mass is 9.87. The number of carbonyl (C=O) groups excluding carboxylic acids is 1. The molecule has 110 valence electrons. The first kappa shape index (κ1) is 14.0. The molecule has 0 radical (unpaired) electrons. The molecular weight excluding hydrogens is 262 g/mol. The summed E-state index contributed by atoms with van der Waals surface area (Å²) in [5.41, 5.74) is 2.31. The standard InChI is InChI=1S/C17H21N3O/c1-11-3-5-14(6-4-11)20-17(21)15-9-13-10-18-8-7-16(13)19-12(15)2/h7-11,14H,3-6H2,1-2H3,(H,20,21)/t11-,14-. The minimum atomic E-state index is -0.00898. The van der Waals surface area contributed by atoms with Gasteiger partial charge in [0.2, 0.25) is 0 Å². The SMILES string of the molecule is Cc1nc2ccncc2cc1C(=O)N[C@H]1CC[C@H](C)CC1. The lowest BCUT2D eigenvalue weighted by Gasteiger charge is -2.27. The second kappa shape index (κ2) is 5.80. The second-order valence-corrected chi connectivity index (χ2v) is 6.12. The molecule has 0 atom stereocenters. The molecule has 0 aromatic carbocycles. The van der Waals surface area contributed by atoms with Crippen molar-refractivity contribution in [3.63, 3.8) is 0 Å². The zero-order valence-corrected chi connectivity index (χ0v) is 12.6. The fourth-order valence-corrected chi connectivity index (χ4v) is 3.01. The average molecular weight is 283 g/mol. The first-order valence-electron chi connectivity index (χ1n) is 7.65. The molecule has 1 saturated carbocycles. The lowest BCUT2D eigenvalue weighted by Crippen LogP contribution is -2.37. The molecule has 0 aliphatic heterocycles. The third-order valence-electron chi connectivity index (χ3n) is 4.40. The summed E-state index contributed by atoms with van der Waals surface area (Å²) in [4.78, 5) is 21.1. The zero-order chi connectivity index (χ0) is 14.8. The van der Waals surface area contributed by atoms with Gasteiger partial charge in [-0.15, -0.1) is 0 Å². The van der Waals surface area contributed by atoms with Crippen LogP contribution in [0.2, 0.25) is 0 Å². The highest BCUT2D eigenvalue weighted by molar-refractivity contribution is 5.98. The number of pyridine rings is 2. The van der Waals surface area contributed by atoms with E-state index in [1.54, 1.807) is 12.4 Å². The van der Waals surface area contributed by atoms with Gasteiger partial charge in [-0.05, 0) is 50.7 Å². The van der Waals surface area contributed by atoms with Gasteiger partial charge in [0.1, 0.15) is 0 Å². The van der Waals surface area contributed by atoms with Gasteiger partial charge in [0.15, 0.2) is 0 Å². The highest BCUT2D eigenvalue weighted by Gasteiger charge is 2.21. The topological polar surface area (TPSA) is 54.9 Å². The Balaban J connectivity index is 1.79. The molecule has 2 aromatic rings. The van der Waals surface area contributed by atoms with Gasteiger partial charge in [0.05, 0.1) is 16.8 Å². The maximum Gasteiger partial charge on any atom is 0.253 e. The largest absolute Gasteiger partial charge is 0.349 e. The number of nitrogens with one attached hydrogen (secondary N) is 1. The first-order valence-corrected chi connectivity index (χ1v) is 7.65. The Bertz CT molecular complexity index is 660. The van der Waals surface area contributed by atoms with Crippen LogP contribution in [0.1, 0.15) is 48.7 Å². The average Bonchev–Trinajstić information content (AvgIpc) is 2.49. The van der Waals surface area contributed by atoms with E-state index in [-0.39, 0.29) is 5.91 Å². The molecule has 0 saturated heterocycles. The molecule has 21 heavy (non-hydrogen) atoms. The van der Waals surface area contributed by atoms with Crippen molar-refractivity contribution in [2.45, 2.75) is 45.6 Å². The molecule has 1 aliphatic carbocycles. The van der Waals surface area contributed by atoms with Crippen molar-refractivity contribution in [1.82, 2.24) is 15.3 Å². The van der Waals surface area contributed by atoms with E-state index in [1.807, 2.05) is 19.1 Å². The molecule has 3 rings (SSSR count). The molecule has 0 bridgehead atoms. The molecule has 0 spiro atoms. The predicted octanol–water partition coefficient (Wildman–Crippen LogP) is 3.25. The van der Waals surface area contributed by atoms with Crippen LogP contribution in [-0.4, -0.2) is 21.9 Å². The number of amides is 1. The van der Waals surface area contributed by atoms with Crippen LogP contribution < -0.4 is 5.32 Å². The Labute approximate surface area is 125 Å². The molecule has 4 heteroatoms. The molecule has 0 unspecified atom stereocenters. The minimum Gasteiger partial charge on any atom is -0.349 e. The summed E-state index contributed by atoms with van der Waals surface area (Å²) in [7, 11) is 0. The third kappa shape index (κ3) is 3.04. The van der Waals surface area contributed by atoms with Crippen molar-refractivity contribution in [2.24, 2.45) is 5.92 Å². The highest BCUT2D eigenvalue weighted by atomic mass is 16.1. The molecular formula is C17H21N3O. The van der Waals surface area contributed by atoms with Gasteiger partial charge in [-0.1, -0.05) is 6.92 Å². The van der Waals surface area contributed by atoms with Gasteiger partial charge in [-0.2, -0.15) is 0 Å². The maximum atomic E-state index is 12.5. The van der Waals surface area contributed by atoms with Crippen LogP contribution >= 0.6 is 0 Å². The molecule has 2 aromatic heterocycles. The number of aryl methyl sites for hydroxylation is 1. The number of aromatic nitrogens is 2. The van der Waals surface area contributed by atoms with Gasteiger partial charge in [-0.25, -0.2) is 0 Å². The Morgan fingerprint density at radius 3 is 2.81 bits per heavy atom. The number of fused-ring (bicyclic) bond motifs is 1. The third-order valence-corrected chi connectivity index (χ3v) is 4.40. The molecule has 4 nitrogen and oxygen atoms in total. The van der Waals surface area contributed by atoms with E-state index in [1.165, 1.54) is 12.8 Å². The van der Waals surface area contributed by atoms with E-state index in [4.69, 9.17) is 0 Å². The van der Waals surface area contributed by atoms with Crippen LogP contribution in [0.25, 0.3) is 10.9 Å². The summed E-state index contributed by atoms with van der Waals surface area (Å²) in [5.74, 6) is 0.776. The monoisotopic (exact) mass is 283 g/mol. The van der Waals surface area contributed by atoms with Crippen molar-refractivity contribution >= 4 is 16.8 Å². The first-order chi connectivity index (χ1) is 10.1. The van der Waals surface area contributed by atoms with Gasteiger partial charge < -0.3 is 5.32 Å². The van der Waals surface area contributed by atoms with Crippen LogP contribution in [0.4, 0.5) is 0 Å². The summed E-state index contributed by atoms with van der Waals surface area (Å²) in [6.45, 7) is 4.17. The summed E-state index contributed by atoms with van der Waals surface area (Å²) < 4.78 is 0. The van der Waals surface area contributed by atoms with Crippen molar-refractivity contribution < 1.29 is 4.79 Å². The predicted molar refractivity (Wildman–Crippen MR) is 83.2 cm³/mol. The Morgan fingerprint density at radius 1 is 1.29 bits per heavy atom. The Kier molecular flexibility index (Phi) is 3.86. The van der Waals surface area contributed by atoms with Crippen molar-refractivity contribution in [3.8, 4) is 0 Å². The van der Waals surface area contributed by atoms with E-state index >= 15 is 0 Å². The number of hydrogen-bond donors (Lipinski definition) is 1. The van der Waals surface area contributed by atoms with Gasteiger partial charge in [0.25, 0.3) is 5.91 Å². The maximum absolute atomic E-state index is 12.5. The van der Waals surface area contributed by atoms with E-state index < -0.39 is 0 Å². The molecule has 1 amide bonds. The van der Waals surface area contributed by atoms with E-state index in [9.17, 15) is 4.79 Å². The van der Waals surface area contributed by atoms with Crippen molar-refractivity contribution in [1.29, 1.82) is 0 Å². The Hall–Kier alpha value is -1.97. The van der Waals surface area contributed by atoms with Crippen LogP contribution in [0.3, 0.4) is 0 Å². The van der Waals surface area contributed by atoms with Gasteiger partial charge in [-0.3, -0.25) is 14.8 Å². The van der Waals surface area contributed by atoms with Crippen LogP contribution in [-0.2, 0) is 0 Å². The molecule has 1 aliphatic rings. The molecule has 2 heterocycles. The molecule has 1 N–H and O–H groups in total. The summed E-state index contributed by atoms with van der Waals surface area (Å²) >= 11 is 0. The quantitative estimate of drug-likeness (QED) is 0.920. The number of nitrogens with zero attached hydrogens (tertiary/aromatic N) is 2. The van der Waals surface area contributed by atoms with Crippen molar-refractivity contribution in [2.75, 3.05) is 0 Å². The van der Waals surface area contributed by atoms with Crippen molar-refractivity contribution in [3.05, 3.63) is 35.8 Å². The van der Waals surface area contributed by atoms with E-state index in [0.717, 1.165) is 35.4 Å². The van der Waals surface area contributed by atoms with Crippen LogP contribution in [0.5, 0.6) is 0 Å². The summed E-state index contributed by atoms with van der Waals surface area (Å²) in [5, 5.41) is 4.07. The summed E-state index contributed by atoms with van der Waals surface area (Å²) in [6.07, 6.45) is 8.02. The lowest BCUT2D eigenvalue weighted by molar-refractivity contribution is 0.0922. The highest BCUT2D eigenvalue weighted by Crippen LogP contribution is 2.24. The van der Waals surface area contributed by atoms with Crippen LogP contribution in [0, 0.1) is 12.8 Å². The number of rotatable bonds is 2. The van der Waals surface area contributed by atoms with E-state index in [2.05, 4.69) is 22.2 Å². The second-order valence-electron chi connectivity index (χ2n) is 6.12.